The summed E-state index contributed by atoms with van der Waals surface area (Å²) in [5, 5.41) is 5.19. The molecule has 0 spiro atoms. The Morgan fingerprint density at radius 2 is 1.47 bits per heavy atom. The number of rotatable bonds is 12. The molecule has 3 aliphatic rings. The fourth-order valence-electron chi connectivity index (χ4n) is 6.26. The van der Waals surface area contributed by atoms with E-state index < -0.39 is 24.1 Å². The first kappa shape index (κ1) is 27.5. The van der Waals surface area contributed by atoms with Gasteiger partial charge in [-0.1, -0.05) is 20.1 Å². The van der Waals surface area contributed by atoms with Crippen LogP contribution in [0.4, 0.5) is 9.59 Å². The van der Waals surface area contributed by atoms with Gasteiger partial charge in [-0.15, -0.1) is 0 Å². The van der Waals surface area contributed by atoms with Crippen LogP contribution in [0.25, 0.3) is 0 Å². The summed E-state index contributed by atoms with van der Waals surface area (Å²) in [7, 11) is 0. The van der Waals surface area contributed by atoms with Crippen LogP contribution in [-0.4, -0.2) is 63.6 Å². The standard InChI is InChI=1S/C26H38N2O8/c1-4-22(29)33-10-8-27-24(31)35-15-18-12-17-13-20(18)21-14-26(3,7-6-19(17)21)16-36-25(32)28-9-11-34-23(30)5-2/h4-5,17-21H,1-2,6-16H2,3H3,(H,27,31)(H,28,32). The zero-order valence-corrected chi connectivity index (χ0v) is 21.0. The molecule has 0 heterocycles. The monoisotopic (exact) mass is 506 g/mol. The van der Waals surface area contributed by atoms with Gasteiger partial charge in [0.1, 0.15) is 13.2 Å². The highest BCUT2D eigenvalue weighted by Crippen LogP contribution is 2.62. The highest BCUT2D eigenvalue weighted by Gasteiger charge is 2.56. The van der Waals surface area contributed by atoms with Crippen molar-refractivity contribution in [1.82, 2.24) is 10.6 Å². The molecule has 2 bridgehead atoms. The van der Waals surface area contributed by atoms with E-state index in [1.165, 1.54) is 6.42 Å². The lowest BCUT2D eigenvalue weighted by atomic mass is 9.60. The Kier molecular flexibility index (Phi) is 9.78. The second kappa shape index (κ2) is 12.8. The van der Waals surface area contributed by atoms with Crippen molar-refractivity contribution < 1.29 is 38.1 Å². The zero-order chi connectivity index (χ0) is 26.1. The van der Waals surface area contributed by atoms with E-state index in [1.54, 1.807) is 0 Å². The lowest BCUT2D eigenvalue weighted by Crippen LogP contribution is -2.42. The van der Waals surface area contributed by atoms with Crippen LogP contribution in [0.1, 0.15) is 39.0 Å². The third-order valence-corrected chi connectivity index (χ3v) is 7.85. The summed E-state index contributed by atoms with van der Waals surface area (Å²) in [6.45, 7) is 10.0. The van der Waals surface area contributed by atoms with Crippen LogP contribution in [0.5, 0.6) is 0 Å². The Bertz CT molecular complexity index is 846. The minimum Gasteiger partial charge on any atom is -0.461 e. The smallest absolute Gasteiger partial charge is 0.407 e. The minimum absolute atomic E-state index is 0.0638. The maximum Gasteiger partial charge on any atom is 0.407 e. The number of hydrogen-bond acceptors (Lipinski definition) is 8. The Morgan fingerprint density at radius 1 is 0.861 bits per heavy atom. The molecule has 0 saturated heterocycles. The van der Waals surface area contributed by atoms with E-state index in [9.17, 15) is 19.2 Å². The van der Waals surface area contributed by atoms with Crippen LogP contribution < -0.4 is 10.6 Å². The summed E-state index contributed by atoms with van der Waals surface area (Å²) in [4.78, 5) is 46.1. The number of ether oxygens (including phenoxy) is 4. The van der Waals surface area contributed by atoms with Gasteiger partial charge in [-0.2, -0.15) is 0 Å². The molecule has 0 aromatic heterocycles. The van der Waals surface area contributed by atoms with Crippen molar-refractivity contribution in [3.05, 3.63) is 25.3 Å². The predicted octanol–water partition coefficient (Wildman–Crippen LogP) is 2.98. The van der Waals surface area contributed by atoms with Gasteiger partial charge in [0.25, 0.3) is 0 Å². The third kappa shape index (κ3) is 7.48. The highest BCUT2D eigenvalue weighted by molar-refractivity contribution is 5.81. The molecule has 0 aliphatic heterocycles. The molecule has 6 unspecified atom stereocenters. The number of carbonyl (C=O) groups is 4. The van der Waals surface area contributed by atoms with E-state index >= 15 is 0 Å². The third-order valence-electron chi connectivity index (χ3n) is 7.85. The van der Waals surface area contributed by atoms with E-state index in [0.717, 1.165) is 37.8 Å². The molecule has 3 rings (SSSR count). The molecule has 6 atom stereocenters. The molecule has 0 aromatic rings. The Morgan fingerprint density at radius 3 is 2.08 bits per heavy atom. The number of amides is 2. The normalized spacial score (nSPS) is 29.9. The fourth-order valence-corrected chi connectivity index (χ4v) is 6.26. The van der Waals surface area contributed by atoms with Gasteiger partial charge in [0, 0.05) is 17.6 Å². The summed E-state index contributed by atoms with van der Waals surface area (Å²) >= 11 is 0. The summed E-state index contributed by atoms with van der Waals surface area (Å²) in [5.41, 5.74) is -0.0933. The molecule has 0 radical (unpaired) electrons. The van der Waals surface area contributed by atoms with E-state index in [0.29, 0.717) is 42.8 Å². The number of nitrogens with one attached hydrogen (secondary N) is 2. The van der Waals surface area contributed by atoms with Crippen molar-refractivity contribution in [2.24, 2.45) is 35.0 Å². The number of carbonyl (C=O) groups excluding carboxylic acids is 4. The van der Waals surface area contributed by atoms with Gasteiger partial charge in [0.2, 0.25) is 0 Å². The Hall–Kier alpha value is -3.04. The summed E-state index contributed by atoms with van der Waals surface area (Å²) in [6.07, 6.45) is 6.51. The van der Waals surface area contributed by atoms with E-state index in [1.807, 2.05) is 0 Å². The second-order valence-corrected chi connectivity index (χ2v) is 10.3. The first-order chi connectivity index (χ1) is 17.2. The number of hydrogen-bond donors (Lipinski definition) is 2. The lowest BCUT2D eigenvalue weighted by molar-refractivity contribution is -0.138. The van der Waals surface area contributed by atoms with Crippen LogP contribution in [0, 0.1) is 35.0 Å². The average molecular weight is 507 g/mol. The summed E-state index contributed by atoms with van der Waals surface area (Å²) in [6, 6.07) is 0. The van der Waals surface area contributed by atoms with E-state index in [-0.39, 0.29) is 31.7 Å². The fraction of sp³-hybridized carbons (Fsp3) is 0.692. The zero-order valence-electron chi connectivity index (χ0n) is 21.0. The van der Waals surface area contributed by atoms with Gasteiger partial charge in [0.15, 0.2) is 0 Å². The molecule has 3 saturated carbocycles. The Balaban J connectivity index is 1.38. The maximum atomic E-state index is 12.1. The molecule has 2 amide bonds. The van der Waals surface area contributed by atoms with Crippen LogP contribution in [0.3, 0.4) is 0 Å². The molecule has 0 aromatic carbocycles. The second-order valence-electron chi connectivity index (χ2n) is 10.3. The number of esters is 2. The average Bonchev–Trinajstić information content (AvgIpc) is 3.45. The van der Waals surface area contributed by atoms with Gasteiger partial charge in [0.05, 0.1) is 26.3 Å². The van der Waals surface area contributed by atoms with Crippen molar-refractivity contribution in [2.45, 2.75) is 39.0 Å². The molecule has 10 nitrogen and oxygen atoms in total. The molecule has 10 heteroatoms. The van der Waals surface area contributed by atoms with Crippen LogP contribution in [0.15, 0.2) is 25.3 Å². The first-order valence-corrected chi connectivity index (χ1v) is 12.6. The Labute approximate surface area is 212 Å². The molecule has 36 heavy (non-hydrogen) atoms. The molecular weight excluding hydrogens is 468 g/mol. The topological polar surface area (TPSA) is 129 Å². The van der Waals surface area contributed by atoms with Crippen molar-refractivity contribution in [1.29, 1.82) is 0 Å². The molecular formula is C26H38N2O8. The highest BCUT2D eigenvalue weighted by atomic mass is 16.6. The van der Waals surface area contributed by atoms with Gasteiger partial charge >= 0.3 is 24.1 Å². The molecule has 2 N–H and O–H groups in total. The van der Waals surface area contributed by atoms with Crippen LogP contribution in [0.2, 0.25) is 0 Å². The molecule has 3 fully saturated rings. The van der Waals surface area contributed by atoms with Crippen molar-refractivity contribution in [3.63, 3.8) is 0 Å². The van der Waals surface area contributed by atoms with E-state index in [4.69, 9.17) is 18.9 Å². The SMILES string of the molecule is C=CC(=O)OCCNC(=O)OCC1CC2CC1C1CC(C)(COC(=O)NCCOC(=O)C=C)CCC21. The molecule has 200 valence electrons. The number of alkyl carbamates (subject to hydrolysis) is 2. The van der Waals surface area contributed by atoms with E-state index in [2.05, 4.69) is 30.7 Å². The van der Waals surface area contributed by atoms with Crippen LogP contribution in [-0.2, 0) is 28.5 Å². The maximum absolute atomic E-state index is 12.1. The van der Waals surface area contributed by atoms with Gasteiger partial charge in [-0.05, 0) is 61.7 Å². The van der Waals surface area contributed by atoms with Crippen molar-refractivity contribution in [2.75, 3.05) is 39.5 Å². The van der Waals surface area contributed by atoms with Gasteiger partial charge in [-0.3, -0.25) is 0 Å². The van der Waals surface area contributed by atoms with Crippen LogP contribution >= 0.6 is 0 Å². The van der Waals surface area contributed by atoms with Gasteiger partial charge < -0.3 is 29.6 Å². The first-order valence-electron chi connectivity index (χ1n) is 12.6. The minimum atomic E-state index is -0.531. The predicted molar refractivity (Wildman–Crippen MR) is 130 cm³/mol. The molecule has 3 aliphatic carbocycles. The van der Waals surface area contributed by atoms with Crippen molar-refractivity contribution in [3.8, 4) is 0 Å². The summed E-state index contributed by atoms with van der Waals surface area (Å²) < 4.78 is 20.6. The van der Waals surface area contributed by atoms with Crippen molar-refractivity contribution >= 4 is 24.1 Å². The quantitative estimate of drug-likeness (QED) is 0.179. The largest absolute Gasteiger partial charge is 0.461 e. The number of fused-ring (bicyclic) bond motifs is 5. The van der Waals surface area contributed by atoms with Gasteiger partial charge in [-0.25, -0.2) is 19.2 Å². The lowest BCUT2D eigenvalue weighted by Gasteiger charge is -2.46. The summed E-state index contributed by atoms with van der Waals surface area (Å²) in [5.74, 6) is 1.69.